The fraction of sp³-hybridized carbons (Fsp3) is 0.133. The van der Waals surface area contributed by atoms with Crippen LogP contribution in [0.15, 0.2) is 36.4 Å². The van der Waals surface area contributed by atoms with E-state index in [1.807, 2.05) is 6.92 Å². The van der Waals surface area contributed by atoms with Gasteiger partial charge in [-0.15, -0.1) is 0 Å². The van der Waals surface area contributed by atoms with E-state index in [1.54, 1.807) is 12.1 Å². The van der Waals surface area contributed by atoms with Gasteiger partial charge in [0.05, 0.1) is 11.3 Å². The third-order valence-corrected chi connectivity index (χ3v) is 3.24. The summed E-state index contributed by atoms with van der Waals surface area (Å²) in [6, 6.07) is 8.97. The van der Waals surface area contributed by atoms with Crippen LogP contribution in [0.5, 0.6) is 0 Å². The molecule has 0 radical (unpaired) electrons. The number of halogens is 3. The SMILES string of the molecule is CCNc1ccc(Cl)cc1C(=O)Nc1ccc(Cl)cc1F. The summed E-state index contributed by atoms with van der Waals surface area (Å²) in [6.45, 7) is 2.56. The van der Waals surface area contributed by atoms with E-state index in [2.05, 4.69) is 10.6 Å². The van der Waals surface area contributed by atoms with Crippen molar-refractivity contribution in [3.05, 3.63) is 57.8 Å². The van der Waals surface area contributed by atoms with Gasteiger partial charge in [-0.1, -0.05) is 23.2 Å². The van der Waals surface area contributed by atoms with E-state index in [9.17, 15) is 9.18 Å². The molecule has 110 valence electrons. The standard InChI is InChI=1S/C15H13Cl2FN2O/c1-2-19-13-5-3-9(16)7-11(13)15(21)20-14-6-4-10(17)8-12(14)18/h3-8,19H,2H2,1H3,(H,20,21). The van der Waals surface area contributed by atoms with Gasteiger partial charge in [-0.3, -0.25) is 4.79 Å². The number of hydrogen-bond acceptors (Lipinski definition) is 2. The molecule has 0 aromatic heterocycles. The molecular weight excluding hydrogens is 314 g/mol. The average Bonchev–Trinajstić information content (AvgIpc) is 2.44. The minimum atomic E-state index is -0.595. The van der Waals surface area contributed by atoms with Crippen LogP contribution >= 0.6 is 23.2 Å². The van der Waals surface area contributed by atoms with Crippen LogP contribution in [-0.4, -0.2) is 12.5 Å². The lowest BCUT2D eigenvalue weighted by Gasteiger charge is -2.12. The summed E-state index contributed by atoms with van der Waals surface area (Å²) in [5.41, 5.74) is 1.04. The minimum absolute atomic E-state index is 0.0619. The first kappa shape index (κ1) is 15.6. The monoisotopic (exact) mass is 326 g/mol. The van der Waals surface area contributed by atoms with Gasteiger partial charge in [0, 0.05) is 22.3 Å². The van der Waals surface area contributed by atoms with Gasteiger partial charge in [-0.05, 0) is 43.3 Å². The van der Waals surface area contributed by atoms with Crippen molar-refractivity contribution in [3.8, 4) is 0 Å². The van der Waals surface area contributed by atoms with Gasteiger partial charge >= 0.3 is 0 Å². The zero-order chi connectivity index (χ0) is 15.4. The van der Waals surface area contributed by atoms with Crippen LogP contribution in [0.4, 0.5) is 15.8 Å². The zero-order valence-electron chi connectivity index (χ0n) is 11.2. The van der Waals surface area contributed by atoms with Crippen LogP contribution in [0.25, 0.3) is 0 Å². The Morgan fingerprint density at radius 2 is 1.71 bits per heavy atom. The highest BCUT2D eigenvalue weighted by molar-refractivity contribution is 6.31. The first-order chi connectivity index (χ1) is 10.0. The fourth-order valence-electron chi connectivity index (χ4n) is 1.83. The number of carbonyl (C=O) groups excluding carboxylic acids is 1. The molecule has 2 rings (SSSR count). The quantitative estimate of drug-likeness (QED) is 0.845. The van der Waals surface area contributed by atoms with Crippen LogP contribution in [-0.2, 0) is 0 Å². The van der Waals surface area contributed by atoms with Gasteiger partial charge in [-0.2, -0.15) is 0 Å². The van der Waals surface area contributed by atoms with Crippen molar-refractivity contribution < 1.29 is 9.18 Å². The number of rotatable bonds is 4. The topological polar surface area (TPSA) is 41.1 Å². The van der Waals surface area contributed by atoms with Crippen molar-refractivity contribution in [2.24, 2.45) is 0 Å². The first-order valence-electron chi connectivity index (χ1n) is 6.31. The van der Waals surface area contributed by atoms with E-state index in [-0.39, 0.29) is 10.7 Å². The predicted octanol–water partition coefficient (Wildman–Crippen LogP) is 4.82. The molecule has 0 fully saturated rings. The van der Waals surface area contributed by atoms with Crippen LogP contribution in [0.1, 0.15) is 17.3 Å². The van der Waals surface area contributed by atoms with Crippen molar-refractivity contribution in [1.82, 2.24) is 0 Å². The molecule has 6 heteroatoms. The molecule has 0 unspecified atom stereocenters. The van der Waals surface area contributed by atoms with Crippen LogP contribution in [0.2, 0.25) is 10.0 Å². The van der Waals surface area contributed by atoms with Crippen molar-refractivity contribution >= 4 is 40.5 Å². The summed E-state index contributed by atoms with van der Waals surface area (Å²) in [5, 5.41) is 6.26. The summed E-state index contributed by atoms with van der Waals surface area (Å²) in [6.07, 6.45) is 0. The Bertz CT molecular complexity index is 677. The molecule has 0 aliphatic rings. The molecule has 2 N–H and O–H groups in total. The van der Waals surface area contributed by atoms with Gasteiger partial charge in [0.2, 0.25) is 0 Å². The second-order valence-electron chi connectivity index (χ2n) is 4.30. The summed E-state index contributed by atoms with van der Waals surface area (Å²) in [5.74, 6) is -1.04. The molecule has 0 aliphatic heterocycles. The number of anilines is 2. The van der Waals surface area contributed by atoms with Gasteiger partial charge < -0.3 is 10.6 Å². The molecule has 0 bridgehead atoms. The highest BCUT2D eigenvalue weighted by Gasteiger charge is 2.14. The van der Waals surface area contributed by atoms with E-state index in [1.165, 1.54) is 18.2 Å². The highest BCUT2D eigenvalue weighted by atomic mass is 35.5. The van der Waals surface area contributed by atoms with Gasteiger partial charge in [0.1, 0.15) is 5.82 Å². The number of hydrogen-bond donors (Lipinski definition) is 2. The molecule has 0 saturated carbocycles. The summed E-state index contributed by atoms with van der Waals surface area (Å²) in [7, 11) is 0. The third kappa shape index (κ3) is 3.86. The Morgan fingerprint density at radius 1 is 1.10 bits per heavy atom. The fourth-order valence-corrected chi connectivity index (χ4v) is 2.16. The van der Waals surface area contributed by atoms with Crippen molar-refractivity contribution in [2.45, 2.75) is 6.92 Å². The molecule has 2 aromatic carbocycles. The maximum Gasteiger partial charge on any atom is 0.257 e. The van der Waals surface area contributed by atoms with E-state index in [4.69, 9.17) is 23.2 Å². The highest BCUT2D eigenvalue weighted by Crippen LogP contribution is 2.24. The average molecular weight is 327 g/mol. The summed E-state index contributed by atoms with van der Waals surface area (Å²) >= 11 is 11.6. The van der Waals surface area contributed by atoms with Crippen molar-refractivity contribution in [2.75, 3.05) is 17.2 Å². The molecule has 0 aliphatic carbocycles. The molecule has 1 amide bonds. The van der Waals surface area contributed by atoms with E-state index < -0.39 is 11.7 Å². The second kappa shape index (κ2) is 6.78. The molecule has 0 saturated heterocycles. The van der Waals surface area contributed by atoms with E-state index in [0.717, 1.165) is 6.07 Å². The molecule has 3 nitrogen and oxygen atoms in total. The minimum Gasteiger partial charge on any atom is -0.385 e. The summed E-state index contributed by atoms with van der Waals surface area (Å²) in [4.78, 5) is 12.3. The summed E-state index contributed by atoms with van der Waals surface area (Å²) < 4.78 is 13.7. The van der Waals surface area contributed by atoms with Crippen LogP contribution in [0.3, 0.4) is 0 Å². The maximum absolute atomic E-state index is 13.7. The molecular formula is C15H13Cl2FN2O. The number of benzene rings is 2. The Kier molecular flexibility index (Phi) is 5.04. The van der Waals surface area contributed by atoms with Gasteiger partial charge in [-0.25, -0.2) is 4.39 Å². The Labute approximate surface area is 132 Å². The predicted molar refractivity (Wildman–Crippen MR) is 85.0 cm³/mol. The zero-order valence-corrected chi connectivity index (χ0v) is 12.7. The van der Waals surface area contributed by atoms with E-state index >= 15 is 0 Å². The largest absolute Gasteiger partial charge is 0.385 e. The van der Waals surface area contributed by atoms with Crippen LogP contribution < -0.4 is 10.6 Å². The first-order valence-corrected chi connectivity index (χ1v) is 7.06. The normalized spacial score (nSPS) is 10.3. The van der Waals surface area contributed by atoms with E-state index in [0.29, 0.717) is 22.8 Å². The lowest BCUT2D eigenvalue weighted by molar-refractivity contribution is 0.102. The molecule has 21 heavy (non-hydrogen) atoms. The molecule has 2 aromatic rings. The maximum atomic E-state index is 13.7. The molecule has 0 spiro atoms. The van der Waals surface area contributed by atoms with Gasteiger partial charge in [0.15, 0.2) is 0 Å². The third-order valence-electron chi connectivity index (χ3n) is 2.77. The number of amides is 1. The number of carbonyl (C=O) groups is 1. The Morgan fingerprint density at radius 3 is 2.33 bits per heavy atom. The molecule has 0 atom stereocenters. The van der Waals surface area contributed by atoms with Crippen molar-refractivity contribution in [3.63, 3.8) is 0 Å². The smallest absolute Gasteiger partial charge is 0.257 e. The number of nitrogens with one attached hydrogen (secondary N) is 2. The van der Waals surface area contributed by atoms with Crippen molar-refractivity contribution in [1.29, 1.82) is 0 Å². The Hall–Kier alpha value is -1.78. The molecule has 0 heterocycles. The lowest BCUT2D eigenvalue weighted by Crippen LogP contribution is -2.15. The van der Waals surface area contributed by atoms with Crippen LogP contribution in [0, 0.1) is 5.82 Å². The Balaban J connectivity index is 2.29. The van der Waals surface area contributed by atoms with Gasteiger partial charge in [0.25, 0.3) is 5.91 Å². The second-order valence-corrected chi connectivity index (χ2v) is 5.17. The lowest BCUT2D eigenvalue weighted by atomic mass is 10.1.